The summed E-state index contributed by atoms with van der Waals surface area (Å²) in [6, 6.07) is 0. The molecule has 96 valence electrons. The normalized spacial score (nSPS) is 25.1. The largest absolute Gasteiger partial charge is 0.382 e. The third-order valence-electron chi connectivity index (χ3n) is 3.31. The highest BCUT2D eigenvalue weighted by atomic mass is 16.5. The molecule has 1 aliphatic carbocycles. The second-order valence-corrected chi connectivity index (χ2v) is 4.95. The summed E-state index contributed by atoms with van der Waals surface area (Å²) in [5, 5.41) is 3.53. The van der Waals surface area contributed by atoms with E-state index >= 15 is 0 Å². The van der Waals surface area contributed by atoms with Gasteiger partial charge >= 0.3 is 0 Å². The molecule has 1 fully saturated rings. The van der Waals surface area contributed by atoms with Crippen molar-refractivity contribution < 1.29 is 9.47 Å². The Bertz CT molecular complexity index is 164. The highest BCUT2D eigenvalue weighted by molar-refractivity contribution is 4.74. The van der Waals surface area contributed by atoms with Gasteiger partial charge in [-0.15, -0.1) is 0 Å². The second-order valence-electron chi connectivity index (χ2n) is 4.95. The van der Waals surface area contributed by atoms with E-state index in [-0.39, 0.29) is 0 Å². The lowest BCUT2D eigenvalue weighted by atomic mass is 10.1. The maximum Gasteiger partial charge on any atom is 0.0700 e. The van der Waals surface area contributed by atoms with E-state index < -0.39 is 0 Å². The molecule has 1 rings (SSSR count). The van der Waals surface area contributed by atoms with Crippen LogP contribution in [0.15, 0.2) is 0 Å². The molecule has 0 bridgehead atoms. The Morgan fingerprint density at radius 3 is 2.75 bits per heavy atom. The van der Waals surface area contributed by atoms with E-state index in [1.54, 1.807) is 7.11 Å². The average molecular weight is 229 g/mol. The van der Waals surface area contributed by atoms with Crippen LogP contribution in [0, 0.1) is 11.8 Å². The van der Waals surface area contributed by atoms with Gasteiger partial charge in [-0.1, -0.05) is 13.3 Å². The van der Waals surface area contributed by atoms with Crippen LogP contribution in [0.5, 0.6) is 0 Å². The Balaban J connectivity index is 1.78. The van der Waals surface area contributed by atoms with Crippen molar-refractivity contribution in [1.82, 2.24) is 5.32 Å². The molecule has 1 saturated carbocycles. The molecule has 0 aliphatic heterocycles. The summed E-state index contributed by atoms with van der Waals surface area (Å²) < 4.78 is 10.3. The van der Waals surface area contributed by atoms with Crippen molar-refractivity contribution in [2.24, 2.45) is 11.8 Å². The van der Waals surface area contributed by atoms with Crippen LogP contribution in [0.2, 0.25) is 0 Å². The van der Waals surface area contributed by atoms with Gasteiger partial charge in [-0.05, 0) is 44.2 Å². The quantitative estimate of drug-likeness (QED) is 0.614. The van der Waals surface area contributed by atoms with Gasteiger partial charge in [0.05, 0.1) is 13.2 Å². The molecule has 0 aromatic carbocycles. The van der Waals surface area contributed by atoms with E-state index in [9.17, 15) is 0 Å². The van der Waals surface area contributed by atoms with E-state index in [4.69, 9.17) is 9.47 Å². The summed E-state index contributed by atoms with van der Waals surface area (Å²) in [7, 11) is 1.70. The van der Waals surface area contributed by atoms with Crippen molar-refractivity contribution in [2.45, 2.75) is 32.6 Å². The number of methoxy groups -OCH3 is 1. The van der Waals surface area contributed by atoms with Gasteiger partial charge < -0.3 is 14.8 Å². The molecule has 0 heterocycles. The van der Waals surface area contributed by atoms with Gasteiger partial charge in [-0.25, -0.2) is 0 Å². The molecule has 3 heteroatoms. The van der Waals surface area contributed by atoms with E-state index in [2.05, 4.69) is 12.2 Å². The van der Waals surface area contributed by atoms with Gasteiger partial charge in [0.2, 0.25) is 0 Å². The van der Waals surface area contributed by atoms with Crippen molar-refractivity contribution in [3.05, 3.63) is 0 Å². The number of hydrogen-bond acceptors (Lipinski definition) is 3. The van der Waals surface area contributed by atoms with Crippen molar-refractivity contribution in [2.75, 3.05) is 40.0 Å². The number of hydrogen-bond donors (Lipinski definition) is 1. The summed E-state index contributed by atoms with van der Waals surface area (Å²) >= 11 is 0. The van der Waals surface area contributed by atoms with Crippen molar-refractivity contribution in [3.63, 3.8) is 0 Å². The van der Waals surface area contributed by atoms with Gasteiger partial charge in [0.1, 0.15) is 0 Å². The van der Waals surface area contributed by atoms with Crippen LogP contribution in [0.1, 0.15) is 32.6 Å². The predicted molar refractivity (Wildman–Crippen MR) is 66.7 cm³/mol. The summed E-state index contributed by atoms with van der Waals surface area (Å²) in [6.45, 7) is 6.91. The van der Waals surface area contributed by atoms with E-state index in [0.29, 0.717) is 6.61 Å². The fourth-order valence-corrected chi connectivity index (χ4v) is 2.36. The molecule has 2 atom stereocenters. The maximum absolute atomic E-state index is 5.40. The summed E-state index contributed by atoms with van der Waals surface area (Å²) in [5.74, 6) is 1.87. The Hall–Kier alpha value is -0.120. The first-order valence-electron chi connectivity index (χ1n) is 6.60. The first kappa shape index (κ1) is 13.9. The van der Waals surface area contributed by atoms with E-state index in [0.717, 1.165) is 38.0 Å². The second kappa shape index (κ2) is 8.97. The summed E-state index contributed by atoms with van der Waals surface area (Å²) in [6.07, 6.45) is 5.36. The van der Waals surface area contributed by atoms with Crippen molar-refractivity contribution >= 4 is 0 Å². The van der Waals surface area contributed by atoms with Gasteiger partial charge in [0.15, 0.2) is 0 Å². The molecule has 0 aromatic heterocycles. The summed E-state index contributed by atoms with van der Waals surface area (Å²) in [4.78, 5) is 0. The van der Waals surface area contributed by atoms with Gasteiger partial charge in [-0.3, -0.25) is 0 Å². The van der Waals surface area contributed by atoms with Crippen LogP contribution in [0.25, 0.3) is 0 Å². The van der Waals surface area contributed by atoms with Crippen LogP contribution < -0.4 is 5.32 Å². The molecule has 0 radical (unpaired) electrons. The van der Waals surface area contributed by atoms with Gasteiger partial charge in [-0.2, -0.15) is 0 Å². The molecule has 0 amide bonds. The topological polar surface area (TPSA) is 30.5 Å². The molecule has 2 unspecified atom stereocenters. The lowest BCUT2D eigenvalue weighted by Crippen LogP contribution is -2.23. The molecule has 3 nitrogen and oxygen atoms in total. The zero-order valence-electron chi connectivity index (χ0n) is 10.8. The molecule has 16 heavy (non-hydrogen) atoms. The van der Waals surface area contributed by atoms with E-state index in [1.807, 2.05) is 0 Å². The molecule has 0 spiro atoms. The fraction of sp³-hybridized carbons (Fsp3) is 1.00. The zero-order chi connectivity index (χ0) is 11.6. The SMILES string of the molecule is COCCOCCCNCC1CCC(C)C1. The fourth-order valence-electron chi connectivity index (χ4n) is 2.36. The van der Waals surface area contributed by atoms with Crippen LogP contribution in [0.4, 0.5) is 0 Å². The Labute approximate surface area is 99.9 Å². The predicted octanol–water partition coefficient (Wildman–Crippen LogP) is 2.07. The van der Waals surface area contributed by atoms with Crippen LogP contribution in [0.3, 0.4) is 0 Å². The highest BCUT2D eigenvalue weighted by Crippen LogP contribution is 2.29. The average Bonchev–Trinajstić information content (AvgIpc) is 2.68. The first-order valence-corrected chi connectivity index (χ1v) is 6.60. The minimum Gasteiger partial charge on any atom is -0.382 e. The zero-order valence-corrected chi connectivity index (χ0v) is 10.8. The van der Waals surface area contributed by atoms with E-state index in [1.165, 1.54) is 25.8 Å². The maximum atomic E-state index is 5.40. The third kappa shape index (κ3) is 6.46. The smallest absolute Gasteiger partial charge is 0.0700 e. The molecule has 1 aliphatic rings. The van der Waals surface area contributed by atoms with Gasteiger partial charge in [0, 0.05) is 13.7 Å². The molecule has 1 N–H and O–H groups in total. The lowest BCUT2D eigenvalue weighted by molar-refractivity contribution is 0.0694. The third-order valence-corrected chi connectivity index (χ3v) is 3.31. The minimum atomic E-state index is 0.702. The van der Waals surface area contributed by atoms with Gasteiger partial charge in [0.25, 0.3) is 0 Å². The van der Waals surface area contributed by atoms with Crippen LogP contribution >= 0.6 is 0 Å². The lowest BCUT2D eigenvalue weighted by Gasteiger charge is -2.11. The molecule has 0 saturated heterocycles. The number of nitrogens with one attached hydrogen (secondary N) is 1. The Morgan fingerprint density at radius 1 is 1.19 bits per heavy atom. The molecule has 0 aromatic rings. The van der Waals surface area contributed by atoms with Crippen LogP contribution in [-0.4, -0.2) is 40.0 Å². The Morgan fingerprint density at radius 2 is 2.06 bits per heavy atom. The van der Waals surface area contributed by atoms with Crippen LogP contribution in [-0.2, 0) is 9.47 Å². The minimum absolute atomic E-state index is 0.702. The molecular weight excluding hydrogens is 202 g/mol. The monoisotopic (exact) mass is 229 g/mol. The first-order chi connectivity index (χ1) is 7.83. The molecular formula is C13H27NO2. The number of rotatable bonds is 9. The Kier molecular flexibility index (Phi) is 7.81. The van der Waals surface area contributed by atoms with Crippen molar-refractivity contribution in [3.8, 4) is 0 Å². The highest BCUT2D eigenvalue weighted by Gasteiger charge is 2.20. The number of ether oxygens (including phenoxy) is 2. The standard InChI is InChI=1S/C13H27NO2/c1-12-4-5-13(10-12)11-14-6-3-7-16-9-8-15-2/h12-14H,3-11H2,1-2H3. The summed E-state index contributed by atoms with van der Waals surface area (Å²) in [5.41, 5.74) is 0. The van der Waals surface area contributed by atoms with Crippen molar-refractivity contribution in [1.29, 1.82) is 0 Å².